The topological polar surface area (TPSA) is 76.0 Å². The number of para-hydroxylation sites is 1. The highest BCUT2D eigenvalue weighted by Crippen LogP contribution is 2.31. The van der Waals surface area contributed by atoms with Crippen LogP contribution >= 0.6 is 0 Å². The van der Waals surface area contributed by atoms with E-state index in [0.29, 0.717) is 12.4 Å². The molecular weight excluding hydrogens is 308 g/mol. The standard InChI is InChI=1S/C16H18O3.C3H4O2/c1-3-18-16(2,17)19-15-12-8-7-11-14(15)13-9-5-4-6-10-13;1-2-3(4)5/h4-12,17H,3H2,1-2H3;2H,1H2,(H,4,5). The molecule has 2 N–H and O–H groups in total. The maximum atomic E-state index is 9.99. The van der Waals surface area contributed by atoms with E-state index in [-0.39, 0.29) is 0 Å². The first-order chi connectivity index (χ1) is 11.4. The van der Waals surface area contributed by atoms with Crippen LogP contribution in [0, 0.1) is 0 Å². The van der Waals surface area contributed by atoms with E-state index in [4.69, 9.17) is 14.6 Å². The molecule has 128 valence electrons. The van der Waals surface area contributed by atoms with E-state index in [9.17, 15) is 9.90 Å². The summed E-state index contributed by atoms with van der Waals surface area (Å²) in [6, 6.07) is 17.5. The zero-order chi connectivity index (χ0) is 18.0. The van der Waals surface area contributed by atoms with Gasteiger partial charge in [0.2, 0.25) is 0 Å². The summed E-state index contributed by atoms with van der Waals surface area (Å²) in [5, 5.41) is 17.6. The predicted octanol–water partition coefficient (Wildman–Crippen LogP) is 3.69. The van der Waals surface area contributed by atoms with Gasteiger partial charge in [-0.05, 0) is 18.6 Å². The number of aliphatic hydroxyl groups is 1. The lowest BCUT2D eigenvalue weighted by Crippen LogP contribution is -2.35. The fourth-order valence-electron chi connectivity index (χ4n) is 1.91. The highest BCUT2D eigenvalue weighted by molar-refractivity contribution is 5.78. The van der Waals surface area contributed by atoms with Gasteiger partial charge in [0.05, 0.1) is 6.61 Å². The third-order valence-electron chi connectivity index (χ3n) is 2.86. The van der Waals surface area contributed by atoms with Gasteiger partial charge >= 0.3 is 11.9 Å². The Bertz CT molecular complexity index is 650. The second-order valence-electron chi connectivity index (χ2n) is 4.84. The largest absolute Gasteiger partial charge is 0.478 e. The van der Waals surface area contributed by atoms with Crippen molar-refractivity contribution < 1.29 is 24.5 Å². The van der Waals surface area contributed by atoms with E-state index in [1.54, 1.807) is 6.92 Å². The van der Waals surface area contributed by atoms with Gasteiger partial charge < -0.3 is 19.7 Å². The molecule has 0 aliphatic heterocycles. The first-order valence-corrected chi connectivity index (χ1v) is 7.44. The molecular formula is C19H22O5. The van der Waals surface area contributed by atoms with Crippen molar-refractivity contribution in [2.45, 2.75) is 19.8 Å². The van der Waals surface area contributed by atoms with Gasteiger partial charge in [0.15, 0.2) is 0 Å². The second kappa shape index (κ2) is 9.50. The Hall–Kier alpha value is -2.63. The summed E-state index contributed by atoms with van der Waals surface area (Å²) in [6.07, 6.45) is 0.833. The first kappa shape index (κ1) is 19.4. The first-order valence-electron chi connectivity index (χ1n) is 7.44. The highest BCUT2D eigenvalue weighted by atomic mass is 16.8. The highest BCUT2D eigenvalue weighted by Gasteiger charge is 2.24. The normalized spacial score (nSPS) is 12.3. The zero-order valence-electron chi connectivity index (χ0n) is 13.8. The maximum absolute atomic E-state index is 9.99. The van der Waals surface area contributed by atoms with Crippen LogP contribution in [0.3, 0.4) is 0 Å². The molecule has 0 heterocycles. The molecule has 0 fully saturated rings. The molecule has 0 aliphatic carbocycles. The molecule has 1 atom stereocenters. The van der Waals surface area contributed by atoms with Gasteiger partial charge in [-0.1, -0.05) is 55.1 Å². The predicted molar refractivity (Wildman–Crippen MR) is 92.6 cm³/mol. The lowest BCUT2D eigenvalue weighted by atomic mass is 10.1. The number of rotatable bonds is 6. The number of carbonyl (C=O) groups is 1. The molecule has 0 amide bonds. The Morgan fingerprint density at radius 1 is 1.17 bits per heavy atom. The quantitative estimate of drug-likeness (QED) is 0.624. The van der Waals surface area contributed by atoms with Crippen molar-refractivity contribution in [3.05, 3.63) is 67.3 Å². The van der Waals surface area contributed by atoms with Crippen molar-refractivity contribution >= 4 is 5.97 Å². The van der Waals surface area contributed by atoms with Crippen molar-refractivity contribution in [2.24, 2.45) is 0 Å². The summed E-state index contributed by atoms with van der Waals surface area (Å²) in [6.45, 7) is 6.63. The van der Waals surface area contributed by atoms with Crippen molar-refractivity contribution in [1.29, 1.82) is 0 Å². The van der Waals surface area contributed by atoms with E-state index in [0.717, 1.165) is 17.2 Å². The number of ether oxygens (including phenoxy) is 2. The van der Waals surface area contributed by atoms with Gasteiger partial charge in [-0.25, -0.2) is 4.79 Å². The Balaban J connectivity index is 0.000000505. The summed E-state index contributed by atoms with van der Waals surface area (Å²) in [4.78, 5) is 9.25. The van der Waals surface area contributed by atoms with Crippen molar-refractivity contribution in [3.63, 3.8) is 0 Å². The van der Waals surface area contributed by atoms with Crippen LogP contribution in [0.25, 0.3) is 11.1 Å². The summed E-state index contributed by atoms with van der Waals surface area (Å²) in [5.41, 5.74) is 1.95. The molecule has 0 saturated heterocycles. The van der Waals surface area contributed by atoms with Crippen LogP contribution in [0.4, 0.5) is 0 Å². The Kier molecular flexibility index (Phi) is 7.68. The number of hydrogen-bond donors (Lipinski definition) is 2. The van der Waals surface area contributed by atoms with Crippen LogP contribution in [0.5, 0.6) is 5.75 Å². The molecule has 2 aromatic rings. The van der Waals surface area contributed by atoms with Crippen LogP contribution in [-0.4, -0.2) is 28.8 Å². The molecule has 0 aromatic heterocycles. The number of carboxylic acids is 1. The van der Waals surface area contributed by atoms with Crippen LogP contribution < -0.4 is 4.74 Å². The van der Waals surface area contributed by atoms with Gasteiger partial charge in [-0.2, -0.15) is 0 Å². The minimum absolute atomic E-state index is 0.375. The molecule has 0 spiro atoms. The maximum Gasteiger partial charge on any atom is 0.327 e. The number of carboxylic acid groups (broad SMARTS) is 1. The number of benzene rings is 2. The molecule has 2 aromatic carbocycles. The average molecular weight is 330 g/mol. The fraction of sp³-hybridized carbons (Fsp3) is 0.211. The summed E-state index contributed by atoms with van der Waals surface area (Å²) in [7, 11) is 0. The third-order valence-corrected chi connectivity index (χ3v) is 2.86. The summed E-state index contributed by atoms with van der Waals surface area (Å²) >= 11 is 0. The van der Waals surface area contributed by atoms with Crippen molar-refractivity contribution in [3.8, 4) is 16.9 Å². The van der Waals surface area contributed by atoms with E-state index >= 15 is 0 Å². The zero-order valence-corrected chi connectivity index (χ0v) is 13.8. The summed E-state index contributed by atoms with van der Waals surface area (Å²) in [5.74, 6) is -2.02. The molecule has 5 heteroatoms. The molecule has 24 heavy (non-hydrogen) atoms. The second-order valence-corrected chi connectivity index (χ2v) is 4.84. The van der Waals surface area contributed by atoms with E-state index in [1.807, 2.05) is 54.6 Å². The molecule has 0 radical (unpaired) electrons. The van der Waals surface area contributed by atoms with Crippen LogP contribution in [0.2, 0.25) is 0 Å². The van der Waals surface area contributed by atoms with Crippen molar-refractivity contribution in [2.75, 3.05) is 6.61 Å². The van der Waals surface area contributed by atoms with Gasteiger partial charge in [0.1, 0.15) is 5.75 Å². The molecule has 2 rings (SSSR count). The van der Waals surface area contributed by atoms with E-state index < -0.39 is 11.9 Å². The van der Waals surface area contributed by atoms with Crippen LogP contribution in [0.15, 0.2) is 67.3 Å². The minimum atomic E-state index is -1.63. The monoisotopic (exact) mass is 330 g/mol. The third kappa shape index (κ3) is 6.64. The van der Waals surface area contributed by atoms with Crippen LogP contribution in [0.1, 0.15) is 13.8 Å². The summed E-state index contributed by atoms with van der Waals surface area (Å²) < 4.78 is 10.7. The van der Waals surface area contributed by atoms with Gasteiger partial charge in [0, 0.05) is 18.6 Å². The van der Waals surface area contributed by atoms with E-state index in [2.05, 4.69) is 6.58 Å². The molecule has 0 saturated carbocycles. The molecule has 1 unspecified atom stereocenters. The minimum Gasteiger partial charge on any atom is -0.478 e. The lowest BCUT2D eigenvalue weighted by molar-refractivity contribution is -0.304. The van der Waals surface area contributed by atoms with Gasteiger partial charge in [-0.15, -0.1) is 0 Å². The average Bonchev–Trinajstić information content (AvgIpc) is 2.56. The number of hydrogen-bond acceptors (Lipinski definition) is 4. The van der Waals surface area contributed by atoms with E-state index in [1.165, 1.54) is 6.92 Å². The van der Waals surface area contributed by atoms with Crippen molar-refractivity contribution in [1.82, 2.24) is 0 Å². The smallest absolute Gasteiger partial charge is 0.327 e. The van der Waals surface area contributed by atoms with Crippen LogP contribution in [-0.2, 0) is 9.53 Å². The molecule has 0 bridgehead atoms. The Morgan fingerprint density at radius 3 is 2.25 bits per heavy atom. The Morgan fingerprint density at radius 2 is 1.71 bits per heavy atom. The number of aliphatic carboxylic acids is 1. The lowest BCUT2D eigenvalue weighted by Gasteiger charge is -2.25. The van der Waals surface area contributed by atoms with Gasteiger partial charge in [0.25, 0.3) is 0 Å². The fourth-order valence-corrected chi connectivity index (χ4v) is 1.91. The molecule has 0 aliphatic rings. The van der Waals surface area contributed by atoms with Gasteiger partial charge in [-0.3, -0.25) is 0 Å². The molecule has 5 nitrogen and oxygen atoms in total. The Labute approximate surface area is 141 Å². The SMILES string of the molecule is C=CC(=O)O.CCOC(C)(O)Oc1ccccc1-c1ccccc1.